The summed E-state index contributed by atoms with van der Waals surface area (Å²) in [5.41, 5.74) is 1.79. The Morgan fingerprint density at radius 1 is 1.00 bits per heavy atom. The Balaban J connectivity index is 1.63. The molecular weight excluding hydrogens is 407 g/mol. The predicted molar refractivity (Wildman–Crippen MR) is 110 cm³/mol. The van der Waals surface area contributed by atoms with E-state index in [9.17, 15) is 13.2 Å². The fraction of sp³-hybridized carbons (Fsp3) is 0.318. The lowest BCUT2D eigenvalue weighted by atomic mass is 10.1. The zero-order chi connectivity index (χ0) is 21.6. The Labute approximate surface area is 176 Å². The maximum absolute atomic E-state index is 14.0. The summed E-state index contributed by atoms with van der Waals surface area (Å²) in [7, 11) is 1.57. The first kappa shape index (κ1) is 19.7. The molecule has 3 aromatic heterocycles. The zero-order valence-corrected chi connectivity index (χ0v) is 16.8. The summed E-state index contributed by atoms with van der Waals surface area (Å²) in [5.74, 6) is 0.993. The first-order valence-electron chi connectivity index (χ1n) is 10.1. The van der Waals surface area contributed by atoms with Crippen LogP contribution < -0.4 is 4.74 Å². The molecule has 1 aliphatic heterocycles. The first-order valence-corrected chi connectivity index (χ1v) is 10.1. The molecule has 4 aromatic rings. The van der Waals surface area contributed by atoms with E-state index < -0.39 is 12.2 Å². The average Bonchev–Trinajstić information content (AvgIpc) is 3.42. The molecule has 1 unspecified atom stereocenters. The summed E-state index contributed by atoms with van der Waals surface area (Å²) >= 11 is 0. The minimum absolute atomic E-state index is 0.168. The molecule has 0 radical (unpaired) electrons. The van der Waals surface area contributed by atoms with Crippen LogP contribution in [0.15, 0.2) is 48.7 Å². The normalized spacial score (nSPS) is 16.3. The molecule has 0 N–H and O–H groups in total. The van der Waals surface area contributed by atoms with Gasteiger partial charge >= 0.3 is 6.18 Å². The van der Waals surface area contributed by atoms with Crippen molar-refractivity contribution in [2.75, 3.05) is 20.2 Å². The molecule has 1 atom stereocenters. The second-order valence-electron chi connectivity index (χ2n) is 7.63. The third kappa shape index (κ3) is 3.48. The Bertz CT molecular complexity index is 1250. The Hall–Kier alpha value is -3.20. The van der Waals surface area contributed by atoms with Crippen LogP contribution in [0.5, 0.6) is 5.75 Å². The number of halogens is 3. The van der Waals surface area contributed by atoms with Gasteiger partial charge in [-0.25, -0.2) is 4.98 Å². The SMILES string of the molecule is COc1cccc2ccc(-c3nnc4ccc(C(N5CCCC5)C(F)(F)F)cn34)nc12. The van der Waals surface area contributed by atoms with Crippen LogP contribution in [-0.4, -0.2) is 50.9 Å². The van der Waals surface area contributed by atoms with Gasteiger partial charge in [0.05, 0.1) is 7.11 Å². The molecule has 0 bridgehead atoms. The van der Waals surface area contributed by atoms with Crippen molar-refractivity contribution in [2.24, 2.45) is 0 Å². The van der Waals surface area contributed by atoms with Crippen LogP contribution in [0.3, 0.4) is 0 Å². The molecule has 160 valence electrons. The monoisotopic (exact) mass is 427 g/mol. The third-order valence-electron chi connectivity index (χ3n) is 5.69. The van der Waals surface area contributed by atoms with Gasteiger partial charge in [-0.1, -0.05) is 24.3 Å². The maximum Gasteiger partial charge on any atom is 0.408 e. The quantitative estimate of drug-likeness (QED) is 0.475. The number of alkyl halides is 3. The predicted octanol–water partition coefficient (Wildman–Crippen LogP) is 4.65. The summed E-state index contributed by atoms with van der Waals surface area (Å²) in [4.78, 5) is 6.15. The number of ether oxygens (including phenoxy) is 1. The molecule has 0 amide bonds. The van der Waals surface area contributed by atoms with Crippen molar-refractivity contribution in [3.8, 4) is 17.3 Å². The topological polar surface area (TPSA) is 55.6 Å². The molecule has 1 fully saturated rings. The van der Waals surface area contributed by atoms with Crippen molar-refractivity contribution in [1.82, 2.24) is 24.5 Å². The van der Waals surface area contributed by atoms with Crippen LogP contribution in [0.4, 0.5) is 13.2 Å². The van der Waals surface area contributed by atoms with Gasteiger partial charge in [0.25, 0.3) is 0 Å². The van der Waals surface area contributed by atoms with Crippen molar-refractivity contribution >= 4 is 16.6 Å². The standard InChI is InChI=1S/C22H20F3N5O/c1-31-17-6-4-5-14-7-9-16(26-19(14)17)21-28-27-18-10-8-15(13-30(18)21)20(22(23,24)25)29-11-2-3-12-29/h4-10,13,20H,2-3,11-12H2,1H3. The lowest BCUT2D eigenvalue weighted by Crippen LogP contribution is -2.36. The van der Waals surface area contributed by atoms with Crippen LogP contribution in [-0.2, 0) is 0 Å². The van der Waals surface area contributed by atoms with Gasteiger partial charge in [0.15, 0.2) is 11.5 Å². The summed E-state index contributed by atoms with van der Waals surface area (Å²) in [5, 5.41) is 9.22. The summed E-state index contributed by atoms with van der Waals surface area (Å²) in [6.45, 7) is 0.868. The van der Waals surface area contributed by atoms with E-state index in [0.717, 1.165) is 18.2 Å². The Morgan fingerprint density at radius 3 is 2.55 bits per heavy atom. The number of pyridine rings is 2. The molecular formula is C22H20F3N5O. The van der Waals surface area contributed by atoms with Crippen molar-refractivity contribution < 1.29 is 17.9 Å². The fourth-order valence-corrected chi connectivity index (χ4v) is 4.26. The average molecular weight is 427 g/mol. The lowest BCUT2D eigenvalue weighted by molar-refractivity contribution is -0.183. The number of nitrogens with zero attached hydrogens (tertiary/aromatic N) is 5. The Morgan fingerprint density at radius 2 is 1.81 bits per heavy atom. The molecule has 0 aliphatic carbocycles. The second-order valence-corrected chi connectivity index (χ2v) is 7.63. The third-order valence-corrected chi connectivity index (χ3v) is 5.69. The van der Waals surface area contributed by atoms with E-state index in [-0.39, 0.29) is 5.56 Å². The van der Waals surface area contributed by atoms with Crippen LogP contribution in [0, 0.1) is 0 Å². The van der Waals surface area contributed by atoms with Gasteiger partial charge in [0.2, 0.25) is 0 Å². The second kappa shape index (κ2) is 7.49. The van der Waals surface area contributed by atoms with Gasteiger partial charge in [-0.3, -0.25) is 9.30 Å². The van der Waals surface area contributed by atoms with E-state index in [2.05, 4.69) is 15.2 Å². The van der Waals surface area contributed by atoms with Gasteiger partial charge in [-0.15, -0.1) is 10.2 Å². The van der Waals surface area contributed by atoms with Gasteiger partial charge < -0.3 is 4.74 Å². The number of methoxy groups -OCH3 is 1. The molecule has 1 aromatic carbocycles. The van der Waals surface area contributed by atoms with Crippen molar-refractivity contribution in [3.63, 3.8) is 0 Å². The summed E-state index contributed by atoms with van der Waals surface area (Å²) in [6.07, 6.45) is -1.35. The van der Waals surface area contributed by atoms with E-state index in [1.165, 1.54) is 17.2 Å². The highest BCUT2D eigenvalue weighted by Gasteiger charge is 2.45. The highest BCUT2D eigenvalue weighted by Crippen LogP contribution is 2.39. The molecule has 9 heteroatoms. The van der Waals surface area contributed by atoms with Crippen LogP contribution >= 0.6 is 0 Å². The van der Waals surface area contributed by atoms with E-state index in [1.807, 2.05) is 24.3 Å². The molecule has 5 rings (SSSR count). The number of hydrogen-bond acceptors (Lipinski definition) is 5. The van der Waals surface area contributed by atoms with Gasteiger partial charge in [-0.2, -0.15) is 13.2 Å². The number of rotatable bonds is 4. The maximum atomic E-state index is 14.0. The molecule has 4 heterocycles. The van der Waals surface area contributed by atoms with Gasteiger partial charge in [-0.05, 0) is 49.7 Å². The molecule has 1 aliphatic rings. The lowest BCUT2D eigenvalue weighted by Gasteiger charge is -2.29. The fourth-order valence-electron chi connectivity index (χ4n) is 4.26. The summed E-state index contributed by atoms with van der Waals surface area (Å²) in [6, 6.07) is 10.7. The minimum atomic E-state index is -4.37. The number of fused-ring (bicyclic) bond motifs is 2. The number of hydrogen-bond donors (Lipinski definition) is 0. The highest BCUT2D eigenvalue weighted by atomic mass is 19.4. The largest absolute Gasteiger partial charge is 0.494 e. The molecule has 1 saturated heterocycles. The van der Waals surface area contributed by atoms with E-state index in [4.69, 9.17) is 4.74 Å². The minimum Gasteiger partial charge on any atom is -0.494 e. The van der Waals surface area contributed by atoms with Crippen LogP contribution in [0.1, 0.15) is 24.4 Å². The molecule has 31 heavy (non-hydrogen) atoms. The Kier molecular flexibility index (Phi) is 4.77. The number of likely N-dealkylation sites (tertiary alicyclic amines) is 1. The van der Waals surface area contributed by atoms with E-state index in [1.54, 1.807) is 23.6 Å². The van der Waals surface area contributed by atoms with E-state index >= 15 is 0 Å². The van der Waals surface area contributed by atoms with Crippen molar-refractivity contribution in [2.45, 2.75) is 25.1 Å². The number of aromatic nitrogens is 4. The van der Waals surface area contributed by atoms with Crippen LogP contribution in [0.2, 0.25) is 0 Å². The number of benzene rings is 1. The molecule has 0 saturated carbocycles. The van der Waals surface area contributed by atoms with Crippen molar-refractivity contribution in [3.05, 3.63) is 54.2 Å². The first-order chi connectivity index (χ1) is 15.0. The van der Waals surface area contributed by atoms with Gasteiger partial charge in [0, 0.05) is 11.6 Å². The van der Waals surface area contributed by atoms with Gasteiger partial charge in [0.1, 0.15) is 23.0 Å². The van der Waals surface area contributed by atoms with Crippen LogP contribution in [0.25, 0.3) is 28.1 Å². The highest BCUT2D eigenvalue weighted by molar-refractivity contribution is 5.86. The van der Waals surface area contributed by atoms with Crippen molar-refractivity contribution in [1.29, 1.82) is 0 Å². The zero-order valence-electron chi connectivity index (χ0n) is 16.8. The summed E-state index contributed by atoms with van der Waals surface area (Å²) < 4.78 is 48.8. The van der Waals surface area contributed by atoms with E-state index in [0.29, 0.717) is 41.5 Å². The number of para-hydroxylation sites is 1. The molecule has 0 spiro atoms. The molecule has 6 nitrogen and oxygen atoms in total. The smallest absolute Gasteiger partial charge is 0.408 e.